The van der Waals surface area contributed by atoms with Gasteiger partial charge in [-0.3, -0.25) is 10.1 Å². The molecule has 0 bridgehead atoms. The maximum Gasteiger partial charge on any atom is 0.322 e. The predicted octanol–water partition coefficient (Wildman–Crippen LogP) is 5.51. The van der Waals surface area contributed by atoms with Gasteiger partial charge in [0.2, 0.25) is 0 Å². The highest BCUT2D eigenvalue weighted by Gasteiger charge is 2.19. The largest absolute Gasteiger partial charge is 0.459 e. The molecule has 0 saturated carbocycles. The summed E-state index contributed by atoms with van der Waals surface area (Å²) in [6, 6.07) is 14.2. The van der Waals surface area contributed by atoms with Crippen LogP contribution in [0.4, 0.5) is 6.01 Å². The van der Waals surface area contributed by atoms with Crippen LogP contribution in [0.1, 0.15) is 10.4 Å². The van der Waals surface area contributed by atoms with Crippen LogP contribution >= 0.6 is 22.9 Å². The number of furan rings is 1. The summed E-state index contributed by atoms with van der Waals surface area (Å²) in [6.45, 7) is 0. The summed E-state index contributed by atoms with van der Waals surface area (Å²) in [5.74, 6) is 0.179. The number of nitrogens with zero attached hydrogens (tertiary/aromatic N) is 3. The lowest BCUT2D eigenvalue weighted by Crippen LogP contribution is -2.13. The van der Waals surface area contributed by atoms with Crippen LogP contribution in [0.2, 0.25) is 5.02 Å². The van der Waals surface area contributed by atoms with Gasteiger partial charge in [-0.05, 0) is 35.7 Å². The Morgan fingerprint density at radius 2 is 2.03 bits per heavy atom. The second kappa shape index (κ2) is 7.16. The molecule has 0 saturated heterocycles. The van der Waals surface area contributed by atoms with E-state index in [0.29, 0.717) is 32.9 Å². The third-order valence-corrected chi connectivity index (χ3v) is 5.38. The van der Waals surface area contributed by atoms with E-state index in [2.05, 4.69) is 20.5 Å². The molecule has 0 radical (unpaired) electrons. The molecule has 5 aromatic rings. The molecular formula is C20H11ClN4O3S. The summed E-state index contributed by atoms with van der Waals surface area (Å²) in [5.41, 5.74) is 1.61. The molecule has 4 heterocycles. The number of fused-ring (bicyclic) bond motifs is 1. The van der Waals surface area contributed by atoms with Crippen molar-refractivity contribution in [2.24, 2.45) is 0 Å². The summed E-state index contributed by atoms with van der Waals surface area (Å²) in [4.78, 5) is 18.6. The Labute approximate surface area is 173 Å². The van der Waals surface area contributed by atoms with Crippen LogP contribution < -0.4 is 5.32 Å². The number of benzene rings is 1. The lowest BCUT2D eigenvalue weighted by atomic mass is 10.1. The number of hydrogen-bond donors (Lipinski definition) is 1. The Hall–Kier alpha value is -3.49. The lowest BCUT2D eigenvalue weighted by Gasteiger charge is -2.09. The predicted molar refractivity (Wildman–Crippen MR) is 110 cm³/mol. The van der Waals surface area contributed by atoms with Crippen molar-refractivity contribution in [3.8, 4) is 22.2 Å². The van der Waals surface area contributed by atoms with Crippen molar-refractivity contribution in [2.45, 2.75) is 0 Å². The number of nitrogens with one attached hydrogen (secondary N) is 1. The molecule has 0 unspecified atom stereocenters. The summed E-state index contributed by atoms with van der Waals surface area (Å²) >= 11 is 7.87. The van der Waals surface area contributed by atoms with Crippen molar-refractivity contribution in [1.82, 2.24) is 15.2 Å². The number of carbonyl (C=O) groups excluding carboxylic acids is 1. The van der Waals surface area contributed by atoms with Gasteiger partial charge in [0.05, 0.1) is 32.9 Å². The highest BCUT2D eigenvalue weighted by atomic mass is 35.5. The van der Waals surface area contributed by atoms with Crippen molar-refractivity contribution in [3.63, 3.8) is 0 Å². The smallest absolute Gasteiger partial charge is 0.322 e. The number of amides is 1. The van der Waals surface area contributed by atoms with Crippen LogP contribution in [-0.2, 0) is 0 Å². The third-order valence-electron chi connectivity index (χ3n) is 4.19. The van der Waals surface area contributed by atoms with Gasteiger partial charge in [-0.15, -0.1) is 16.4 Å². The van der Waals surface area contributed by atoms with Crippen molar-refractivity contribution < 1.29 is 13.6 Å². The fourth-order valence-electron chi connectivity index (χ4n) is 2.89. The lowest BCUT2D eigenvalue weighted by molar-refractivity contribution is 0.102. The highest BCUT2D eigenvalue weighted by molar-refractivity contribution is 7.13. The molecule has 5 rings (SSSR count). The van der Waals surface area contributed by atoms with E-state index in [4.69, 9.17) is 20.4 Å². The maximum absolute atomic E-state index is 13.0. The second-order valence-corrected chi connectivity index (χ2v) is 7.37. The Kier molecular flexibility index (Phi) is 4.34. The van der Waals surface area contributed by atoms with Crippen LogP contribution in [-0.4, -0.2) is 21.1 Å². The highest BCUT2D eigenvalue weighted by Crippen LogP contribution is 2.31. The van der Waals surface area contributed by atoms with Crippen LogP contribution in [0, 0.1) is 0 Å². The number of aromatic nitrogens is 3. The van der Waals surface area contributed by atoms with Gasteiger partial charge in [0.15, 0.2) is 5.76 Å². The quantitative estimate of drug-likeness (QED) is 0.410. The molecule has 4 aromatic heterocycles. The van der Waals surface area contributed by atoms with E-state index < -0.39 is 5.91 Å². The SMILES string of the molecule is O=C(Nc1nnc(-c2ccco2)o1)c1cc(-c2cccs2)nc2c(Cl)cccc12. The van der Waals surface area contributed by atoms with Gasteiger partial charge in [0, 0.05) is 5.39 Å². The molecule has 0 aliphatic carbocycles. The molecule has 7 nitrogen and oxygen atoms in total. The minimum absolute atomic E-state index is 0.0361. The summed E-state index contributed by atoms with van der Waals surface area (Å²) in [7, 11) is 0. The number of halogens is 1. The van der Waals surface area contributed by atoms with E-state index in [0.717, 1.165) is 4.88 Å². The topological polar surface area (TPSA) is 94.1 Å². The Morgan fingerprint density at radius 3 is 2.83 bits per heavy atom. The summed E-state index contributed by atoms with van der Waals surface area (Å²) in [6.07, 6.45) is 1.50. The van der Waals surface area contributed by atoms with Gasteiger partial charge in [-0.1, -0.05) is 34.9 Å². The zero-order valence-corrected chi connectivity index (χ0v) is 16.2. The van der Waals surface area contributed by atoms with Gasteiger partial charge >= 0.3 is 6.01 Å². The van der Waals surface area contributed by atoms with Crippen LogP contribution in [0.25, 0.3) is 33.1 Å². The Morgan fingerprint density at radius 1 is 1.10 bits per heavy atom. The van der Waals surface area contributed by atoms with Crippen LogP contribution in [0.15, 0.2) is 69.0 Å². The van der Waals surface area contributed by atoms with Crippen molar-refractivity contribution in [3.05, 3.63) is 70.8 Å². The van der Waals surface area contributed by atoms with Gasteiger partial charge in [0.1, 0.15) is 0 Å². The normalized spacial score (nSPS) is 11.1. The molecule has 142 valence electrons. The number of para-hydroxylation sites is 1. The van der Waals surface area contributed by atoms with E-state index >= 15 is 0 Å². The number of hydrogen-bond acceptors (Lipinski definition) is 7. The second-order valence-electron chi connectivity index (χ2n) is 6.01. The van der Waals surface area contributed by atoms with E-state index in [1.54, 1.807) is 36.4 Å². The minimum Gasteiger partial charge on any atom is -0.459 e. The Bertz CT molecular complexity index is 1310. The minimum atomic E-state index is -0.410. The first-order valence-corrected chi connectivity index (χ1v) is 9.77. The first kappa shape index (κ1) is 17.6. The van der Waals surface area contributed by atoms with Crippen molar-refractivity contribution in [1.29, 1.82) is 0 Å². The number of thiophene rings is 1. The molecule has 0 spiro atoms. The number of carbonyl (C=O) groups is 1. The monoisotopic (exact) mass is 422 g/mol. The average Bonchev–Trinajstić information content (AvgIpc) is 3.49. The van der Waals surface area contributed by atoms with E-state index in [1.807, 2.05) is 17.5 Å². The fraction of sp³-hybridized carbons (Fsp3) is 0. The van der Waals surface area contributed by atoms with Crippen LogP contribution in [0.5, 0.6) is 0 Å². The van der Waals surface area contributed by atoms with Gasteiger partial charge in [-0.25, -0.2) is 4.98 Å². The molecule has 0 atom stereocenters. The van der Waals surface area contributed by atoms with Crippen LogP contribution in [0.3, 0.4) is 0 Å². The molecule has 0 aliphatic rings. The molecule has 1 aromatic carbocycles. The molecule has 29 heavy (non-hydrogen) atoms. The van der Waals surface area contributed by atoms with Gasteiger partial charge < -0.3 is 8.83 Å². The van der Waals surface area contributed by atoms with Crippen molar-refractivity contribution >= 4 is 45.8 Å². The molecule has 0 aliphatic heterocycles. The first-order valence-electron chi connectivity index (χ1n) is 8.51. The average molecular weight is 423 g/mol. The zero-order chi connectivity index (χ0) is 19.8. The zero-order valence-electron chi connectivity index (χ0n) is 14.6. The molecule has 0 fully saturated rings. The molecular weight excluding hydrogens is 412 g/mol. The maximum atomic E-state index is 13.0. The van der Waals surface area contributed by atoms with Crippen molar-refractivity contribution in [2.75, 3.05) is 5.32 Å². The molecule has 1 N–H and O–H groups in total. The summed E-state index contributed by atoms with van der Waals surface area (Å²) in [5, 5.41) is 13.4. The summed E-state index contributed by atoms with van der Waals surface area (Å²) < 4.78 is 10.7. The third kappa shape index (κ3) is 3.28. The molecule has 9 heteroatoms. The Balaban J connectivity index is 1.55. The fourth-order valence-corrected chi connectivity index (χ4v) is 3.79. The van der Waals surface area contributed by atoms with Gasteiger partial charge in [-0.2, -0.15) is 0 Å². The molecule has 1 amide bonds. The standard InChI is InChI=1S/C20H11ClN4O3S/c21-13-5-1-4-11-12(10-14(22-17(11)13)16-7-3-9-29-16)18(26)23-20-25-24-19(28-20)15-6-2-8-27-15/h1-10H,(H,23,25,26). The first-order chi connectivity index (χ1) is 14.2. The van der Waals surface area contributed by atoms with E-state index in [-0.39, 0.29) is 11.9 Å². The number of rotatable bonds is 4. The van der Waals surface area contributed by atoms with Gasteiger partial charge in [0.25, 0.3) is 11.8 Å². The number of anilines is 1. The number of pyridine rings is 1. The van der Waals surface area contributed by atoms with E-state index in [1.165, 1.54) is 17.6 Å². The van der Waals surface area contributed by atoms with E-state index in [9.17, 15) is 4.79 Å².